The number of anilines is 1. The Morgan fingerprint density at radius 1 is 1.42 bits per heavy atom. The van der Waals surface area contributed by atoms with Crippen molar-refractivity contribution >= 4 is 28.3 Å². The van der Waals surface area contributed by atoms with Gasteiger partial charge in [-0.2, -0.15) is 5.26 Å². The van der Waals surface area contributed by atoms with Crippen molar-refractivity contribution in [2.75, 3.05) is 5.32 Å². The Kier molecular flexibility index (Phi) is 4.77. The molecule has 0 aliphatic heterocycles. The summed E-state index contributed by atoms with van der Waals surface area (Å²) in [6.07, 6.45) is 5.97. The molecule has 1 unspecified atom stereocenters. The quantitative estimate of drug-likeness (QED) is 0.834. The summed E-state index contributed by atoms with van der Waals surface area (Å²) < 4.78 is 12.9. The third-order valence-electron chi connectivity index (χ3n) is 4.16. The summed E-state index contributed by atoms with van der Waals surface area (Å²) in [5, 5.41) is 12.9. The topological polar surface area (TPSA) is 52.9 Å². The monoisotopic (exact) mass is 340 g/mol. The molecule has 0 spiro atoms. The van der Waals surface area contributed by atoms with E-state index in [9.17, 15) is 14.4 Å². The number of carbonyl (C=O) groups excluding carboxylic acids is 1. The van der Waals surface area contributed by atoms with Gasteiger partial charge < -0.3 is 5.32 Å². The molecule has 1 aromatic carbocycles. The molecular weight excluding hydrogens is 323 g/mol. The molecule has 0 radical (unpaired) electrons. The zero-order valence-corrected chi connectivity index (χ0v) is 14.1. The van der Waals surface area contributed by atoms with E-state index in [1.54, 1.807) is 18.2 Å². The summed E-state index contributed by atoms with van der Waals surface area (Å²) in [7, 11) is 0. The smallest absolute Gasteiger partial charge is 0.249 e. The molecule has 1 heterocycles. The van der Waals surface area contributed by atoms with E-state index >= 15 is 0 Å². The van der Waals surface area contributed by atoms with Gasteiger partial charge in [0.05, 0.1) is 5.56 Å². The van der Waals surface area contributed by atoms with Gasteiger partial charge in [-0.05, 0) is 54.5 Å². The number of thiophene rings is 1. The summed E-state index contributed by atoms with van der Waals surface area (Å²) in [5.41, 5.74) is 2.44. The molecule has 0 fully saturated rings. The highest BCUT2D eigenvalue weighted by Crippen LogP contribution is 2.39. The minimum Gasteiger partial charge on any atom is -0.313 e. The fourth-order valence-corrected chi connectivity index (χ4v) is 4.22. The molecule has 24 heavy (non-hydrogen) atoms. The van der Waals surface area contributed by atoms with Crippen LogP contribution in [-0.2, 0) is 17.6 Å². The van der Waals surface area contributed by atoms with Gasteiger partial charge in [0.15, 0.2) is 0 Å². The molecule has 3 rings (SSSR count). The van der Waals surface area contributed by atoms with Crippen molar-refractivity contribution in [2.24, 2.45) is 5.92 Å². The lowest BCUT2D eigenvalue weighted by molar-refractivity contribution is -0.111. The fourth-order valence-electron chi connectivity index (χ4n) is 2.86. The summed E-state index contributed by atoms with van der Waals surface area (Å²) in [4.78, 5) is 13.3. The lowest BCUT2D eigenvalue weighted by Crippen LogP contribution is -2.10. The number of halogens is 1. The zero-order chi connectivity index (χ0) is 17.1. The number of amides is 1. The second kappa shape index (κ2) is 6.98. The van der Waals surface area contributed by atoms with Crippen LogP contribution in [0.1, 0.15) is 34.9 Å². The lowest BCUT2D eigenvalue weighted by atomic mass is 9.89. The van der Waals surface area contributed by atoms with Gasteiger partial charge in [0.2, 0.25) is 5.91 Å². The average Bonchev–Trinajstić information content (AvgIpc) is 2.90. The summed E-state index contributed by atoms with van der Waals surface area (Å²) in [5.74, 6) is 0.0146. The molecule has 0 saturated heterocycles. The number of benzene rings is 1. The first-order valence-electron chi connectivity index (χ1n) is 7.86. The number of fused-ring (bicyclic) bond motifs is 1. The third-order valence-corrected chi connectivity index (χ3v) is 5.33. The summed E-state index contributed by atoms with van der Waals surface area (Å²) >= 11 is 1.50. The molecule has 0 saturated carbocycles. The Hall–Kier alpha value is -2.45. The first-order chi connectivity index (χ1) is 11.6. The van der Waals surface area contributed by atoms with E-state index in [1.165, 1.54) is 34.4 Å². The van der Waals surface area contributed by atoms with E-state index in [0.717, 1.165) is 30.4 Å². The van der Waals surface area contributed by atoms with Crippen LogP contribution >= 0.6 is 11.3 Å². The minimum atomic E-state index is -0.311. The SMILES string of the molecule is CC1CCc2c(sc(NC(=O)/C=C/c3ccc(F)cc3)c2C#N)C1. The Morgan fingerprint density at radius 3 is 2.88 bits per heavy atom. The van der Waals surface area contributed by atoms with Crippen molar-refractivity contribution in [3.05, 3.63) is 57.7 Å². The fraction of sp³-hybridized carbons (Fsp3) is 0.263. The van der Waals surface area contributed by atoms with E-state index in [1.807, 2.05) is 0 Å². The minimum absolute atomic E-state index is 0.289. The Labute approximate surface area is 144 Å². The van der Waals surface area contributed by atoms with Crippen LogP contribution in [0.15, 0.2) is 30.3 Å². The third kappa shape index (κ3) is 3.55. The number of hydrogen-bond acceptors (Lipinski definition) is 3. The summed E-state index contributed by atoms with van der Waals surface area (Å²) in [6, 6.07) is 8.13. The van der Waals surface area contributed by atoms with Crippen LogP contribution in [0.2, 0.25) is 0 Å². The van der Waals surface area contributed by atoms with Crippen LogP contribution in [0, 0.1) is 23.1 Å². The number of rotatable bonds is 3. The number of carbonyl (C=O) groups is 1. The normalized spacial score (nSPS) is 16.6. The molecule has 2 aromatic rings. The highest BCUT2D eigenvalue weighted by molar-refractivity contribution is 7.16. The Balaban J connectivity index is 1.75. The molecule has 3 nitrogen and oxygen atoms in total. The molecule has 1 aliphatic carbocycles. The van der Waals surface area contributed by atoms with E-state index < -0.39 is 0 Å². The molecule has 1 aromatic heterocycles. The average molecular weight is 340 g/mol. The number of hydrogen-bond donors (Lipinski definition) is 1. The van der Waals surface area contributed by atoms with Crippen molar-refractivity contribution < 1.29 is 9.18 Å². The van der Waals surface area contributed by atoms with Crippen molar-refractivity contribution in [3.63, 3.8) is 0 Å². The largest absolute Gasteiger partial charge is 0.313 e. The van der Waals surface area contributed by atoms with Gasteiger partial charge >= 0.3 is 0 Å². The highest BCUT2D eigenvalue weighted by atomic mass is 32.1. The van der Waals surface area contributed by atoms with Crippen molar-refractivity contribution in [1.82, 2.24) is 0 Å². The molecule has 1 N–H and O–H groups in total. The van der Waals surface area contributed by atoms with Gasteiger partial charge in [0.25, 0.3) is 0 Å². The van der Waals surface area contributed by atoms with Crippen LogP contribution in [-0.4, -0.2) is 5.91 Å². The van der Waals surface area contributed by atoms with Gasteiger partial charge in [-0.1, -0.05) is 19.1 Å². The number of nitrogens with one attached hydrogen (secondary N) is 1. The predicted molar refractivity (Wildman–Crippen MR) is 94.3 cm³/mol. The second-order valence-corrected chi connectivity index (χ2v) is 7.15. The van der Waals surface area contributed by atoms with Crippen LogP contribution < -0.4 is 5.32 Å². The molecular formula is C19H17FN2OS. The van der Waals surface area contributed by atoms with Crippen molar-refractivity contribution in [3.8, 4) is 6.07 Å². The predicted octanol–water partition coefficient (Wildman–Crippen LogP) is 4.54. The Morgan fingerprint density at radius 2 is 2.17 bits per heavy atom. The molecule has 1 amide bonds. The summed E-state index contributed by atoms with van der Waals surface area (Å²) in [6.45, 7) is 2.21. The van der Waals surface area contributed by atoms with E-state index in [4.69, 9.17) is 0 Å². The lowest BCUT2D eigenvalue weighted by Gasteiger charge is -2.17. The van der Waals surface area contributed by atoms with Gasteiger partial charge in [-0.15, -0.1) is 11.3 Å². The van der Waals surface area contributed by atoms with Gasteiger partial charge in [0.1, 0.15) is 16.9 Å². The molecule has 5 heteroatoms. The highest BCUT2D eigenvalue weighted by Gasteiger charge is 2.24. The van der Waals surface area contributed by atoms with E-state index in [-0.39, 0.29) is 11.7 Å². The molecule has 122 valence electrons. The Bertz CT molecular complexity index is 830. The van der Waals surface area contributed by atoms with E-state index in [0.29, 0.717) is 16.5 Å². The van der Waals surface area contributed by atoms with Crippen LogP contribution in [0.4, 0.5) is 9.39 Å². The van der Waals surface area contributed by atoms with Gasteiger partial charge in [0, 0.05) is 11.0 Å². The number of nitriles is 1. The van der Waals surface area contributed by atoms with Crippen LogP contribution in [0.25, 0.3) is 6.08 Å². The maximum Gasteiger partial charge on any atom is 0.249 e. The standard InChI is InChI=1S/C19H17FN2OS/c1-12-2-8-15-16(11-21)19(24-17(15)10-12)22-18(23)9-5-13-3-6-14(20)7-4-13/h3-7,9,12H,2,8,10H2,1H3,(H,22,23)/b9-5+. The molecule has 0 bridgehead atoms. The zero-order valence-electron chi connectivity index (χ0n) is 13.3. The van der Waals surface area contributed by atoms with E-state index in [2.05, 4.69) is 18.3 Å². The maximum absolute atomic E-state index is 12.9. The maximum atomic E-state index is 12.9. The van der Waals surface area contributed by atoms with Crippen LogP contribution in [0.3, 0.4) is 0 Å². The van der Waals surface area contributed by atoms with Gasteiger partial charge in [-0.3, -0.25) is 4.79 Å². The number of nitrogens with zero attached hydrogens (tertiary/aromatic N) is 1. The molecule has 1 atom stereocenters. The second-order valence-electron chi connectivity index (χ2n) is 6.04. The first kappa shape index (κ1) is 16.4. The van der Waals surface area contributed by atoms with Crippen molar-refractivity contribution in [2.45, 2.75) is 26.2 Å². The van der Waals surface area contributed by atoms with Crippen molar-refractivity contribution in [1.29, 1.82) is 5.26 Å². The molecule has 1 aliphatic rings. The first-order valence-corrected chi connectivity index (χ1v) is 8.67. The van der Waals surface area contributed by atoms with Gasteiger partial charge in [-0.25, -0.2) is 4.39 Å². The van der Waals surface area contributed by atoms with Crippen LogP contribution in [0.5, 0.6) is 0 Å².